The fourth-order valence-electron chi connectivity index (χ4n) is 3.55. The van der Waals surface area contributed by atoms with Gasteiger partial charge in [0.15, 0.2) is 5.78 Å². The summed E-state index contributed by atoms with van der Waals surface area (Å²) in [5, 5.41) is 2.75. The predicted molar refractivity (Wildman–Crippen MR) is 119 cm³/mol. The van der Waals surface area contributed by atoms with Crippen LogP contribution in [0.3, 0.4) is 0 Å². The topological polar surface area (TPSA) is 84.9 Å². The molecule has 0 spiro atoms. The molecule has 7 nitrogen and oxygen atoms in total. The number of ketones is 1. The molecule has 1 heterocycles. The van der Waals surface area contributed by atoms with Gasteiger partial charge in [0, 0.05) is 37.2 Å². The van der Waals surface area contributed by atoms with Crippen molar-refractivity contribution in [3.63, 3.8) is 0 Å². The van der Waals surface area contributed by atoms with Gasteiger partial charge in [-0.3, -0.25) is 9.59 Å². The fraction of sp³-hybridized carbons (Fsp3) is 0.375. The Bertz CT molecular complexity index is 980. The summed E-state index contributed by atoms with van der Waals surface area (Å²) >= 11 is 0. The first-order valence-electron chi connectivity index (χ1n) is 10.3. The molecular weight excluding hydrogens is 396 g/mol. The zero-order valence-corrected chi connectivity index (χ0v) is 18.2. The number of hydrogen-bond acceptors (Lipinski definition) is 6. The molecule has 1 aliphatic heterocycles. The van der Waals surface area contributed by atoms with E-state index in [1.54, 1.807) is 12.1 Å². The van der Waals surface area contributed by atoms with Crippen molar-refractivity contribution in [1.29, 1.82) is 0 Å². The van der Waals surface area contributed by atoms with E-state index in [0.717, 1.165) is 29.9 Å². The maximum absolute atomic E-state index is 12.5. The summed E-state index contributed by atoms with van der Waals surface area (Å²) in [6, 6.07) is 11.0. The van der Waals surface area contributed by atoms with E-state index >= 15 is 0 Å². The number of Topliss-reactive ketones (excluding diaryl/α,β-unsaturated/α-hetero) is 1. The highest BCUT2D eigenvalue weighted by atomic mass is 16.5. The summed E-state index contributed by atoms with van der Waals surface area (Å²) in [6.07, 6.45) is 0.119. The molecule has 0 bridgehead atoms. The number of nitrogens with zero attached hydrogens (tertiary/aromatic N) is 1. The van der Waals surface area contributed by atoms with Crippen LogP contribution < -0.4 is 10.2 Å². The number of ether oxygens (including phenoxy) is 2. The minimum Gasteiger partial charge on any atom is -0.465 e. The predicted octanol–water partition coefficient (Wildman–Crippen LogP) is 3.53. The minimum atomic E-state index is -0.531. The van der Waals surface area contributed by atoms with Gasteiger partial charge < -0.3 is 19.7 Å². The fourth-order valence-corrected chi connectivity index (χ4v) is 3.55. The normalized spacial score (nSPS) is 13.6. The highest BCUT2D eigenvalue weighted by Crippen LogP contribution is 2.25. The lowest BCUT2D eigenvalue weighted by Crippen LogP contribution is -2.36. The van der Waals surface area contributed by atoms with Crippen LogP contribution in [0.4, 0.5) is 11.4 Å². The van der Waals surface area contributed by atoms with Crippen LogP contribution >= 0.6 is 0 Å². The average molecular weight is 424 g/mol. The molecule has 7 heteroatoms. The van der Waals surface area contributed by atoms with Gasteiger partial charge in [0.25, 0.3) is 0 Å². The first kappa shape index (κ1) is 22.5. The molecule has 1 saturated heterocycles. The number of amides is 1. The van der Waals surface area contributed by atoms with E-state index in [1.165, 1.54) is 7.11 Å². The summed E-state index contributed by atoms with van der Waals surface area (Å²) < 4.78 is 10.3. The zero-order valence-electron chi connectivity index (χ0n) is 18.2. The van der Waals surface area contributed by atoms with E-state index in [4.69, 9.17) is 9.47 Å². The molecule has 0 aromatic heterocycles. The van der Waals surface area contributed by atoms with Crippen LogP contribution in [0.2, 0.25) is 0 Å². The first-order chi connectivity index (χ1) is 14.9. The van der Waals surface area contributed by atoms with E-state index in [9.17, 15) is 14.4 Å². The summed E-state index contributed by atoms with van der Waals surface area (Å²) in [5.74, 6) is -0.938. The number of carbonyl (C=O) groups is 3. The number of nitrogens with one attached hydrogen (secondary N) is 1. The van der Waals surface area contributed by atoms with Crippen LogP contribution in [0, 0.1) is 13.8 Å². The number of benzene rings is 2. The highest BCUT2D eigenvalue weighted by molar-refractivity contribution is 6.04. The van der Waals surface area contributed by atoms with Crippen molar-refractivity contribution in [3.05, 3.63) is 58.7 Å². The number of aryl methyl sites for hydroxylation is 2. The monoisotopic (exact) mass is 424 g/mol. The molecule has 1 amide bonds. The van der Waals surface area contributed by atoms with Gasteiger partial charge in [-0.05, 0) is 43.7 Å². The SMILES string of the molecule is COC(=O)c1cc(N2CCOCC2)ccc1NC(=O)CCC(=O)c1cc(C)ccc1C. The molecule has 0 aliphatic carbocycles. The molecule has 1 N–H and O–H groups in total. The van der Waals surface area contributed by atoms with Gasteiger partial charge in [-0.15, -0.1) is 0 Å². The van der Waals surface area contributed by atoms with Crippen molar-refractivity contribution in [3.8, 4) is 0 Å². The molecule has 0 atom stereocenters. The molecule has 0 radical (unpaired) electrons. The number of anilines is 2. The zero-order chi connectivity index (χ0) is 22.4. The van der Waals surface area contributed by atoms with Gasteiger partial charge in [0.05, 0.1) is 31.6 Å². The Labute approximate surface area is 182 Å². The third kappa shape index (κ3) is 5.70. The molecule has 31 heavy (non-hydrogen) atoms. The average Bonchev–Trinajstić information content (AvgIpc) is 2.79. The van der Waals surface area contributed by atoms with Crippen molar-refractivity contribution in [2.75, 3.05) is 43.6 Å². The molecule has 2 aromatic rings. The molecule has 1 aliphatic rings. The lowest BCUT2D eigenvalue weighted by molar-refractivity contribution is -0.116. The first-order valence-corrected chi connectivity index (χ1v) is 10.3. The number of morpholine rings is 1. The van der Waals surface area contributed by atoms with Gasteiger partial charge in [-0.1, -0.05) is 17.7 Å². The van der Waals surface area contributed by atoms with Gasteiger partial charge in [-0.25, -0.2) is 4.79 Å². The van der Waals surface area contributed by atoms with Crippen LogP contribution in [-0.4, -0.2) is 51.1 Å². The molecule has 164 valence electrons. The summed E-state index contributed by atoms with van der Waals surface area (Å²) in [5.41, 5.74) is 4.04. The van der Waals surface area contributed by atoms with Crippen molar-refractivity contribution < 1.29 is 23.9 Å². The third-order valence-corrected chi connectivity index (χ3v) is 5.33. The number of methoxy groups -OCH3 is 1. The Balaban J connectivity index is 1.69. The van der Waals surface area contributed by atoms with Crippen LogP contribution in [0.1, 0.15) is 44.7 Å². The number of carbonyl (C=O) groups excluding carboxylic acids is 3. The van der Waals surface area contributed by atoms with Crippen LogP contribution in [0.25, 0.3) is 0 Å². The van der Waals surface area contributed by atoms with E-state index in [-0.39, 0.29) is 30.1 Å². The highest BCUT2D eigenvalue weighted by Gasteiger charge is 2.19. The standard InChI is InChI=1S/C24H28N2O5/c1-16-4-5-17(2)19(14-16)22(27)8-9-23(28)25-21-7-6-18(15-20(21)24(29)30-3)26-10-12-31-13-11-26/h4-7,14-15H,8-13H2,1-3H3,(H,25,28). The second kappa shape index (κ2) is 10.2. The van der Waals surface area contributed by atoms with Crippen LogP contribution in [0.5, 0.6) is 0 Å². The van der Waals surface area contributed by atoms with Crippen LogP contribution in [0.15, 0.2) is 36.4 Å². The largest absolute Gasteiger partial charge is 0.465 e. The summed E-state index contributed by atoms with van der Waals surface area (Å²) in [4.78, 5) is 39.5. The van der Waals surface area contributed by atoms with Crippen LogP contribution in [-0.2, 0) is 14.3 Å². The van der Waals surface area contributed by atoms with E-state index in [2.05, 4.69) is 10.2 Å². The second-order valence-electron chi connectivity index (χ2n) is 7.61. The molecule has 0 unspecified atom stereocenters. The van der Waals surface area contributed by atoms with E-state index < -0.39 is 5.97 Å². The Morgan fingerprint density at radius 3 is 2.45 bits per heavy atom. The lowest BCUT2D eigenvalue weighted by Gasteiger charge is -2.29. The van der Waals surface area contributed by atoms with Gasteiger partial charge in [0.2, 0.25) is 5.91 Å². The van der Waals surface area contributed by atoms with Gasteiger partial charge in [0.1, 0.15) is 0 Å². The Kier molecular flexibility index (Phi) is 7.41. The van der Waals surface area contributed by atoms with Crippen molar-refractivity contribution in [1.82, 2.24) is 0 Å². The smallest absolute Gasteiger partial charge is 0.340 e. The number of esters is 1. The Morgan fingerprint density at radius 2 is 1.74 bits per heavy atom. The van der Waals surface area contributed by atoms with Crippen molar-refractivity contribution in [2.45, 2.75) is 26.7 Å². The summed E-state index contributed by atoms with van der Waals surface area (Å²) in [7, 11) is 1.30. The number of rotatable bonds is 7. The van der Waals surface area contributed by atoms with Crippen molar-refractivity contribution in [2.24, 2.45) is 0 Å². The van der Waals surface area contributed by atoms with E-state index in [1.807, 2.05) is 38.1 Å². The van der Waals surface area contributed by atoms with Gasteiger partial charge >= 0.3 is 5.97 Å². The minimum absolute atomic E-state index is 0.0258. The number of hydrogen-bond donors (Lipinski definition) is 1. The molecular formula is C24H28N2O5. The maximum atomic E-state index is 12.5. The van der Waals surface area contributed by atoms with Gasteiger partial charge in [-0.2, -0.15) is 0 Å². The third-order valence-electron chi connectivity index (χ3n) is 5.33. The molecule has 2 aromatic carbocycles. The Morgan fingerprint density at radius 1 is 1.00 bits per heavy atom. The molecule has 3 rings (SSSR count). The molecule has 1 fully saturated rings. The second-order valence-corrected chi connectivity index (χ2v) is 7.61. The molecule has 0 saturated carbocycles. The maximum Gasteiger partial charge on any atom is 0.340 e. The Hall–Kier alpha value is -3.19. The quantitative estimate of drug-likeness (QED) is 0.541. The van der Waals surface area contributed by atoms with Crippen molar-refractivity contribution >= 4 is 29.0 Å². The van der Waals surface area contributed by atoms with E-state index in [0.29, 0.717) is 24.5 Å². The lowest BCUT2D eigenvalue weighted by atomic mass is 9.99. The summed E-state index contributed by atoms with van der Waals surface area (Å²) in [6.45, 7) is 6.52.